The van der Waals surface area contributed by atoms with Crippen LogP contribution in [0.5, 0.6) is 0 Å². The van der Waals surface area contributed by atoms with Gasteiger partial charge in [-0.3, -0.25) is 4.90 Å². The molecule has 0 aliphatic carbocycles. The average molecular weight is 438 g/mol. The lowest BCUT2D eigenvalue weighted by Crippen LogP contribution is -2.46. The van der Waals surface area contributed by atoms with Crippen molar-refractivity contribution in [2.75, 3.05) is 39.3 Å². The van der Waals surface area contributed by atoms with Gasteiger partial charge in [0, 0.05) is 32.7 Å². The van der Waals surface area contributed by atoms with E-state index in [0.29, 0.717) is 0 Å². The zero-order valence-electron chi connectivity index (χ0n) is 17.5. The smallest absolute Gasteiger partial charge is 0.414 e. The summed E-state index contributed by atoms with van der Waals surface area (Å²) in [5, 5.41) is 29.6. The Morgan fingerprint density at radius 1 is 0.806 bits per heavy atom. The monoisotopic (exact) mass is 438 g/mol. The second-order valence-electron chi connectivity index (χ2n) is 6.53. The van der Waals surface area contributed by atoms with Crippen LogP contribution in [0.15, 0.2) is 36.4 Å². The molecule has 172 valence electrons. The van der Waals surface area contributed by atoms with Gasteiger partial charge in [0.1, 0.15) is 0 Å². The van der Waals surface area contributed by atoms with Gasteiger partial charge in [-0.1, -0.05) is 55.8 Å². The van der Waals surface area contributed by atoms with Crippen LogP contribution in [0.25, 0.3) is 6.08 Å². The maximum absolute atomic E-state index is 9.10. The summed E-state index contributed by atoms with van der Waals surface area (Å²) in [6.07, 6.45) is 7.16. The molecule has 1 aromatic carbocycles. The highest BCUT2D eigenvalue weighted by atomic mass is 16.4. The van der Waals surface area contributed by atoms with E-state index in [1.165, 1.54) is 51.1 Å². The third-order valence-electron chi connectivity index (χ3n) is 4.13. The molecule has 1 heterocycles. The molecule has 0 atom stereocenters. The van der Waals surface area contributed by atoms with Gasteiger partial charge >= 0.3 is 23.9 Å². The first-order valence-electron chi connectivity index (χ1n) is 9.76. The van der Waals surface area contributed by atoms with Gasteiger partial charge in [0.15, 0.2) is 0 Å². The number of carboxylic acids is 4. The van der Waals surface area contributed by atoms with Crippen molar-refractivity contribution in [1.29, 1.82) is 0 Å². The predicted molar refractivity (Wildman–Crippen MR) is 114 cm³/mol. The van der Waals surface area contributed by atoms with Gasteiger partial charge < -0.3 is 25.3 Å². The molecule has 31 heavy (non-hydrogen) atoms. The van der Waals surface area contributed by atoms with Gasteiger partial charge in [-0.15, -0.1) is 0 Å². The Kier molecular flexibility index (Phi) is 14.8. The summed E-state index contributed by atoms with van der Waals surface area (Å²) in [6, 6.07) is 10.5. The minimum atomic E-state index is -1.82. The van der Waals surface area contributed by atoms with Gasteiger partial charge in [-0.25, -0.2) is 19.2 Å². The van der Waals surface area contributed by atoms with E-state index in [2.05, 4.69) is 59.2 Å². The van der Waals surface area contributed by atoms with Crippen LogP contribution in [0.3, 0.4) is 0 Å². The van der Waals surface area contributed by atoms with Crippen LogP contribution in [-0.4, -0.2) is 93.4 Å². The molecule has 1 aliphatic rings. The average Bonchev–Trinajstić information content (AvgIpc) is 2.74. The van der Waals surface area contributed by atoms with E-state index in [1.807, 2.05) is 0 Å². The number of hydrogen-bond donors (Lipinski definition) is 4. The molecule has 2 rings (SSSR count). The van der Waals surface area contributed by atoms with E-state index < -0.39 is 23.9 Å². The number of piperazine rings is 1. The lowest BCUT2D eigenvalue weighted by atomic mass is 10.2. The maximum atomic E-state index is 9.10. The third kappa shape index (κ3) is 15.3. The molecule has 10 heteroatoms. The van der Waals surface area contributed by atoms with Crippen molar-refractivity contribution in [3.63, 3.8) is 0 Å². The molecule has 1 saturated heterocycles. The minimum absolute atomic E-state index is 1.08. The molecular weight excluding hydrogens is 408 g/mol. The Bertz CT molecular complexity index is 665. The van der Waals surface area contributed by atoms with Gasteiger partial charge in [0.25, 0.3) is 0 Å². The number of unbranched alkanes of at least 4 members (excludes halogenated alkanes) is 1. The summed E-state index contributed by atoms with van der Waals surface area (Å²) in [7, 11) is 0. The van der Waals surface area contributed by atoms with Crippen molar-refractivity contribution in [3.8, 4) is 0 Å². The standard InChI is InChI=1S/C17H26N2.2C2H2O4/c1-2-3-11-18-13-15-19(16-14-18)12-7-10-17-8-5-4-6-9-17;2*3-1(4)2(5)6/h4-10H,2-3,11-16H2,1H3;2*(H,3,4)(H,5,6). The van der Waals surface area contributed by atoms with E-state index in [9.17, 15) is 0 Å². The number of aliphatic carboxylic acids is 4. The molecule has 0 unspecified atom stereocenters. The Labute approximate surface area is 181 Å². The van der Waals surface area contributed by atoms with Crippen LogP contribution in [0, 0.1) is 0 Å². The van der Waals surface area contributed by atoms with Gasteiger partial charge in [-0.2, -0.15) is 0 Å². The van der Waals surface area contributed by atoms with Crippen LogP contribution in [0.2, 0.25) is 0 Å². The molecule has 1 fully saturated rings. The van der Waals surface area contributed by atoms with Gasteiger partial charge in [0.2, 0.25) is 0 Å². The Morgan fingerprint density at radius 3 is 1.68 bits per heavy atom. The van der Waals surface area contributed by atoms with E-state index in [4.69, 9.17) is 39.6 Å². The van der Waals surface area contributed by atoms with Crippen molar-refractivity contribution < 1.29 is 39.6 Å². The van der Waals surface area contributed by atoms with Crippen molar-refractivity contribution in [1.82, 2.24) is 9.80 Å². The van der Waals surface area contributed by atoms with Crippen molar-refractivity contribution >= 4 is 30.0 Å². The van der Waals surface area contributed by atoms with Crippen molar-refractivity contribution in [2.24, 2.45) is 0 Å². The lowest BCUT2D eigenvalue weighted by Gasteiger charge is -2.34. The molecule has 4 N–H and O–H groups in total. The molecular formula is C21H30N2O8. The zero-order valence-corrected chi connectivity index (χ0v) is 17.5. The largest absolute Gasteiger partial charge is 0.473 e. The molecule has 0 spiro atoms. The fourth-order valence-electron chi connectivity index (χ4n) is 2.48. The molecule has 10 nitrogen and oxygen atoms in total. The van der Waals surface area contributed by atoms with Crippen LogP contribution >= 0.6 is 0 Å². The van der Waals surface area contributed by atoms with Crippen LogP contribution in [0.4, 0.5) is 0 Å². The Balaban J connectivity index is 0.000000620. The second kappa shape index (κ2) is 16.5. The Hall–Kier alpha value is -3.24. The molecule has 0 bridgehead atoms. The van der Waals surface area contributed by atoms with Crippen molar-refractivity contribution in [2.45, 2.75) is 19.8 Å². The summed E-state index contributed by atoms with van der Waals surface area (Å²) < 4.78 is 0. The van der Waals surface area contributed by atoms with E-state index in [0.717, 1.165) is 6.54 Å². The summed E-state index contributed by atoms with van der Waals surface area (Å²) >= 11 is 0. The molecule has 0 radical (unpaired) electrons. The number of hydrogen-bond acceptors (Lipinski definition) is 6. The molecule has 0 amide bonds. The fraction of sp³-hybridized carbons (Fsp3) is 0.429. The van der Waals surface area contributed by atoms with Crippen LogP contribution < -0.4 is 0 Å². The highest BCUT2D eigenvalue weighted by Crippen LogP contribution is 2.05. The normalized spacial score (nSPS) is 14.0. The number of carbonyl (C=O) groups is 4. The van der Waals surface area contributed by atoms with E-state index >= 15 is 0 Å². The third-order valence-corrected chi connectivity index (χ3v) is 4.13. The number of rotatable bonds is 6. The van der Waals surface area contributed by atoms with Crippen molar-refractivity contribution in [3.05, 3.63) is 42.0 Å². The van der Waals surface area contributed by atoms with Crippen LogP contribution in [-0.2, 0) is 19.2 Å². The topological polar surface area (TPSA) is 156 Å². The highest BCUT2D eigenvalue weighted by molar-refractivity contribution is 6.27. The van der Waals surface area contributed by atoms with Gasteiger partial charge in [-0.05, 0) is 18.5 Å². The quantitative estimate of drug-likeness (QED) is 0.479. The molecule has 0 saturated carbocycles. The summed E-state index contributed by atoms with van der Waals surface area (Å²) in [6.45, 7) is 9.52. The van der Waals surface area contributed by atoms with E-state index in [1.54, 1.807) is 0 Å². The fourth-order valence-corrected chi connectivity index (χ4v) is 2.48. The number of benzene rings is 1. The van der Waals surface area contributed by atoms with Gasteiger partial charge in [0.05, 0.1) is 0 Å². The predicted octanol–water partition coefficient (Wildman–Crippen LogP) is 1.43. The number of carboxylic acid groups (broad SMARTS) is 4. The van der Waals surface area contributed by atoms with E-state index in [-0.39, 0.29) is 0 Å². The summed E-state index contributed by atoms with van der Waals surface area (Å²) in [4.78, 5) is 41.5. The molecule has 0 aromatic heterocycles. The Morgan fingerprint density at radius 2 is 1.26 bits per heavy atom. The zero-order chi connectivity index (χ0) is 23.6. The maximum Gasteiger partial charge on any atom is 0.414 e. The first-order chi connectivity index (χ1) is 14.7. The highest BCUT2D eigenvalue weighted by Gasteiger charge is 2.14. The minimum Gasteiger partial charge on any atom is -0.473 e. The first kappa shape index (κ1) is 27.8. The molecule has 1 aliphatic heterocycles. The SMILES string of the molecule is CCCCN1CCN(CC=Cc2ccccc2)CC1.O=C(O)C(=O)O.O=C(O)C(=O)O. The first-order valence-corrected chi connectivity index (χ1v) is 9.76. The van der Waals surface area contributed by atoms with Crippen LogP contribution in [0.1, 0.15) is 25.3 Å². The summed E-state index contributed by atoms with van der Waals surface area (Å²) in [5.74, 6) is -7.30. The molecule has 1 aromatic rings. The number of nitrogens with zero attached hydrogens (tertiary/aromatic N) is 2. The summed E-state index contributed by atoms with van der Waals surface area (Å²) in [5.41, 5.74) is 1.30. The second-order valence-corrected chi connectivity index (χ2v) is 6.53. The lowest BCUT2D eigenvalue weighted by molar-refractivity contribution is -0.159.